The molecule has 1 rings (SSSR count). The van der Waals surface area contributed by atoms with Gasteiger partial charge in [0.15, 0.2) is 0 Å². The molecule has 0 saturated heterocycles. The molecule has 1 N–H and O–H groups in total. The molecule has 18 heavy (non-hydrogen) atoms. The Morgan fingerprint density at radius 1 is 1.28 bits per heavy atom. The van der Waals surface area contributed by atoms with Gasteiger partial charge in [-0.15, -0.1) is 0 Å². The minimum atomic E-state index is -0.749. The average Bonchev–Trinajstić information content (AvgIpc) is 2.34. The van der Waals surface area contributed by atoms with Gasteiger partial charge >= 0.3 is 0 Å². The van der Waals surface area contributed by atoms with Gasteiger partial charge in [0.1, 0.15) is 24.3 Å². The summed E-state index contributed by atoms with van der Waals surface area (Å²) >= 11 is 0. The first kappa shape index (κ1) is 13.3. The molecule has 0 aliphatic carbocycles. The Kier molecular flexibility index (Phi) is 4.50. The molecule has 0 radical (unpaired) electrons. The molecule has 0 saturated carbocycles. The summed E-state index contributed by atoms with van der Waals surface area (Å²) in [6, 6.07) is 3.46. The molecule has 94 valence electrons. The van der Waals surface area contributed by atoms with Gasteiger partial charge in [0.05, 0.1) is 9.85 Å². The lowest BCUT2D eigenvalue weighted by Gasteiger charge is -2.04. The number of nitrogens with zero attached hydrogens (tertiary/aromatic N) is 2. The van der Waals surface area contributed by atoms with Crippen LogP contribution in [0.2, 0.25) is 0 Å². The van der Waals surface area contributed by atoms with Crippen LogP contribution in [-0.4, -0.2) is 15.8 Å². The molecule has 0 aliphatic heterocycles. The molecular formula is C9H7N3O6. The Bertz CT molecular complexity index is 491. The Hall–Kier alpha value is -2.77. The van der Waals surface area contributed by atoms with E-state index in [2.05, 4.69) is 4.84 Å². The second-order valence-electron chi connectivity index (χ2n) is 2.96. The average molecular weight is 253 g/mol. The summed E-state index contributed by atoms with van der Waals surface area (Å²) in [6.45, 7) is -0.439. The maximum atomic E-state index is 10.7. The first-order valence-electron chi connectivity index (χ1n) is 4.55. The summed E-state index contributed by atoms with van der Waals surface area (Å²) in [4.78, 5) is 34.4. The highest BCUT2D eigenvalue weighted by atomic mass is 16.6. The molecule has 0 atom stereocenters. The smallest absolute Gasteiger partial charge is 0.271 e. The number of hydrogen-bond donors (Lipinski definition) is 1. The first-order chi connectivity index (χ1) is 8.57. The highest BCUT2D eigenvalue weighted by molar-refractivity contribution is 5.53. The van der Waals surface area contributed by atoms with Gasteiger partial charge in [0.25, 0.3) is 11.4 Å². The summed E-state index contributed by atoms with van der Waals surface area (Å²) in [5.41, 5.74) is 0.968. The van der Waals surface area contributed by atoms with E-state index in [9.17, 15) is 25.0 Å². The van der Waals surface area contributed by atoms with Gasteiger partial charge < -0.3 is 0 Å². The van der Waals surface area contributed by atoms with Crippen LogP contribution < -0.4 is 5.48 Å². The zero-order valence-electron chi connectivity index (χ0n) is 8.86. The van der Waals surface area contributed by atoms with Gasteiger partial charge in [-0.05, 0) is 6.07 Å². The normalized spacial score (nSPS) is 9.33. The summed E-state index contributed by atoms with van der Waals surface area (Å²) in [5, 5.41) is 21.4. The maximum absolute atomic E-state index is 10.7. The lowest BCUT2D eigenvalue weighted by Crippen LogP contribution is -2.09. The van der Waals surface area contributed by atoms with E-state index in [-0.39, 0.29) is 5.56 Å². The fourth-order valence-corrected chi connectivity index (χ4v) is 1.23. The van der Waals surface area contributed by atoms with Crippen molar-refractivity contribution in [2.24, 2.45) is 0 Å². The maximum Gasteiger partial charge on any atom is 0.281 e. The number of nitro benzene ring substituents is 2. The molecule has 0 spiro atoms. The van der Waals surface area contributed by atoms with E-state index in [1.807, 2.05) is 5.48 Å². The van der Waals surface area contributed by atoms with Gasteiger partial charge in [0, 0.05) is 12.1 Å². The Labute approximate surface area is 99.9 Å². The molecule has 9 heteroatoms. The van der Waals surface area contributed by atoms with Gasteiger partial charge in [-0.2, -0.15) is 0 Å². The first-order valence-corrected chi connectivity index (χ1v) is 4.55. The monoisotopic (exact) mass is 253 g/mol. The number of hydroxylamine groups is 1. The third-order valence-corrected chi connectivity index (χ3v) is 1.94. The Morgan fingerprint density at radius 3 is 2.28 bits per heavy atom. The van der Waals surface area contributed by atoms with Crippen molar-refractivity contribution in [1.29, 1.82) is 0 Å². The molecular weight excluding hydrogens is 246 g/mol. The second-order valence-corrected chi connectivity index (χ2v) is 2.96. The fourth-order valence-electron chi connectivity index (χ4n) is 1.23. The van der Waals surface area contributed by atoms with E-state index in [0.717, 1.165) is 18.3 Å². The molecule has 0 amide bonds. The van der Waals surface area contributed by atoms with Crippen LogP contribution in [-0.2, 0) is 16.2 Å². The number of nitro groups is 2. The molecule has 9 nitrogen and oxygen atoms in total. The fraction of sp³-hybridized carbons (Fsp3) is 0.111. The zero-order chi connectivity index (χ0) is 13.5. The standard InChI is InChI=1S/C9H7N3O6/c13-5-4-10-18-6-7-8(11(14)15)2-1-3-9(7)12(16)17/h1-4,10H,6H2. The number of benzene rings is 1. The summed E-state index contributed by atoms with van der Waals surface area (Å²) in [6.07, 6.45) is 0.778. The Balaban J connectivity index is 3.06. The second kappa shape index (κ2) is 6.09. The lowest BCUT2D eigenvalue weighted by molar-refractivity contribution is -0.396. The summed E-state index contributed by atoms with van der Waals surface area (Å²) in [7, 11) is 0. The van der Waals surface area contributed by atoms with Crippen molar-refractivity contribution in [3.8, 4) is 0 Å². The lowest BCUT2D eigenvalue weighted by atomic mass is 10.1. The highest BCUT2D eigenvalue weighted by Gasteiger charge is 2.24. The van der Waals surface area contributed by atoms with Crippen molar-refractivity contribution in [2.75, 3.05) is 0 Å². The number of carbonyl (C=O) groups excluding carboxylic acids is 1. The number of nitrogens with one attached hydrogen (secondary N) is 1. The van der Waals surface area contributed by atoms with Crippen LogP contribution in [0.3, 0.4) is 0 Å². The van der Waals surface area contributed by atoms with Gasteiger partial charge in [0.2, 0.25) is 0 Å². The minimum absolute atomic E-state index is 0.195. The Morgan fingerprint density at radius 2 is 1.83 bits per heavy atom. The van der Waals surface area contributed by atoms with Crippen molar-refractivity contribution in [3.05, 3.63) is 50.2 Å². The molecule has 0 aromatic heterocycles. The molecule has 0 heterocycles. The van der Waals surface area contributed by atoms with Crippen LogP contribution >= 0.6 is 0 Å². The van der Waals surface area contributed by atoms with Crippen molar-refractivity contribution in [2.45, 2.75) is 6.61 Å². The van der Waals surface area contributed by atoms with E-state index in [4.69, 9.17) is 0 Å². The molecule has 1 aromatic rings. The van der Waals surface area contributed by atoms with Gasteiger partial charge in [-0.25, -0.2) is 4.79 Å². The third-order valence-electron chi connectivity index (χ3n) is 1.94. The van der Waals surface area contributed by atoms with Crippen LogP contribution in [0.4, 0.5) is 11.4 Å². The van der Waals surface area contributed by atoms with E-state index in [1.165, 1.54) is 12.0 Å². The zero-order valence-corrected chi connectivity index (χ0v) is 8.86. The van der Waals surface area contributed by atoms with E-state index in [0.29, 0.717) is 0 Å². The predicted octanol–water partition coefficient (Wildman–Crippen LogP) is 0.869. The third kappa shape index (κ3) is 3.11. The predicted molar refractivity (Wildman–Crippen MR) is 57.9 cm³/mol. The van der Waals surface area contributed by atoms with Crippen LogP contribution in [0.5, 0.6) is 0 Å². The SMILES string of the molecule is O=C=CNOCc1c([N+](=O)[O-])cccc1[N+](=O)[O-]. The van der Waals surface area contributed by atoms with Gasteiger partial charge in [-0.1, -0.05) is 0 Å². The molecule has 0 fully saturated rings. The topological polar surface area (TPSA) is 125 Å². The van der Waals surface area contributed by atoms with Crippen LogP contribution in [0.25, 0.3) is 0 Å². The highest BCUT2D eigenvalue weighted by Crippen LogP contribution is 2.28. The number of hydrogen-bond acceptors (Lipinski definition) is 7. The van der Waals surface area contributed by atoms with Crippen molar-refractivity contribution in [3.63, 3.8) is 0 Å². The van der Waals surface area contributed by atoms with E-state index >= 15 is 0 Å². The quantitative estimate of drug-likeness (QED) is 0.345. The van der Waals surface area contributed by atoms with Crippen LogP contribution in [0, 0.1) is 20.2 Å². The molecule has 0 bridgehead atoms. The van der Waals surface area contributed by atoms with Crippen LogP contribution in [0.1, 0.15) is 5.56 Å². The van der Waals surface area contributed by atoms with Gasteiger partial charge in [-0.3, -0.25) is 30.5 Å². The van der Waals surface area contributed by atoms with E-state index < -0.39 is 27.8 Å². The molecule has 1 aromatic carbocycles. The summed E-state index contributed by atoms with van der Waals surface area (Å²) in [5.74, 6) is 1.35. The van der Waals surface area contributed by atoms with Crippen molar-refractivity contribution >= 4 is 17.3 Å². The van der Waals surface area contributed by atoms with E-state index in [1.54, 1.807) is 0 Å². The largest absolute Gasteiger partial charge is 0.281 e. The summed E-state index contributed by atoms with van der Waals surface area (Å²) < 4.78 is 0. The minimum Gasteiger partial charge on any atom is -0.271 e. The molecule has 0 aliphatic rings. The number of rotatable bonds is 6. The van der Waals surface area contributed by atoms with Crippen LogP contribution in [0.15, 0.2) is 24.4 Å². The van der Waals surface area contributed by atoms with Crippen molar-refractivity contribution < 1.29 is 19.5 Å². The van der Waals surface area contributed by atoms with Crippen molar-refractivity contribution in [1.82, 2.24) is 5.48 Å². The molecule has 0 unspecified atom stereocenters.